The van der Waals surface area contributed by atoms with Crippen molar-refractivity contribution in [3.05, 3.63) is 56.7 Å². The van der Waals surface area contributed by atoms with Crippen LogP contribution in [0.25, 0.3) is 0 Å². The Kier molecular flexibility index (Phi) is 5.36. The second-order valence-corrected chi connectivity index (χ2v) is 5.51. The Balaban J connectivity index is 2.08. The number of benzene rings is 1. The predicted molar refractivity (Wildman–Crippen MR) is 88.0 cm³/mol. The molecule has 1 amide bonds. The van der Waals surface area contributed by atoms with Gasteiger partial charge < -0.3 is 5.32 Å². The number of nitrogens with zero attached hydrogens (tertiary/aromatic N) is 2. The number of amides is 1. The molecule has 7 nitrogen and oxygen atoms in total. The third kappa shape index (κ3) is 4.30. The molecule has 0 aliphatic heterocycles. The molecule has 0 atom stereocenters. The molecule has 0 unspecified atom stereocenters. The maximum Gasteiger partial charge on any atom is 0.357 e. The van der Waals surface area contributed by atoms with Crippen molar-refractivity contribution in [3.63, 3.8) is 0 Å². The van der Waals surface area contributed by atoms with E-state index in [-0.39, 0.29) is 24.0 Å². The van der Waals surface area contributed by atoms with Crippen molar-refractivity contribution >= 4 is 46.3 Å². The van der Waals surface area contributed by atoms with Gasteiger partial charge in [-0.15, -0.1) is 0 Å². The average Bonchev–Trinajstić information content (AvgIpc) is 2.50. The minimum atomic E-state index is -0.515. The van der Waals surface area contributed by atoms with E-state index in [9.17, 15) is 14.9 Å². The van der Waals surface area contributed by atoms with Gasteiger partial charge in [0.1, 0.15) is 0 Å². The summed E-state index contributed by atoms with van der Waals surface area (Å²) in [7, 11) is 1.58. The van der Waals surface area contributed by atoms with Crippen molar-refractivity contribution in [3.8, 4) is 0 Å². The van der Waals surface area contributed by atoms with Gasteiger partial charge in [-0.25, -0.2) is 9.88 Å². The number of aromatic nitrogens is 1. The van der Waals surface area contributed by atoms with Crippen molar-refractivity contribution in [2.24, 2.45) is 0 Å². The van der Waals surface area contributed by atoms with E-state index < -0.39 is 4.92 Å². The average molecular weight is 356 g/mol. The standard InChI is InChI=1S/C14H12Cl2N4O3/c1-19(14-12(20(22)23)3-2-6-17-14)8-13(21)18-9-4-5-10(15)11(16)7-9/h2-7H,8H2,1H3,(H,18,21)/p+1. The zero-order chi connectivity index (χ0) is 17.0. The number of rotatable bonds is 5. The van der Waals surface area contributed by atoms with Gasteiger partial charge in [-0.3, -0.25) is 14.9 Å². The lowest BCUT2D eigenvalue weighted by Gasteiger charge is -2.11. The summed E-state index contributed by atoms with van der Waals surface area (Å²) in [4.78, 5) is 26.8. The van der Waals surface area contributed by atoms with Gasteiger partial charge in [-0.1, -0.05) is 23.2 Å². The topological polar surface area (TPSA) is 89.6 Å². The molecule has 9 heteroatoms. The molecular formula is C14H13Cl2N4O3+. The number of nitro groups is 1. The van der Waals surface area contributed by atoms with Gasteiger partial charge >= 0.3 is 11.5 Å². The van der Waals surface area contributed by atoms with Gasteiger partial charge in [0.15, 0.2) is 6.54 Å². The molecule has 23 heavy (non-hydrogen) atoms. The Labute approximate surface area is 142 Å². The fourth-order valence-electron chi connectivity index (χ4n) is 1.94. The number of carbonyl (C=O) groups is 1. The lowest BCUT2D eigenvalue weighted by molar-refractivity contribution is -0.411. The number of anilines is 2. The minimum absolute atomic E-state index is 0.0817. The number of nitrogens with one attached hydrogen (secondary N) is 2. The summed E-state index contributed by atoms with van der Waals surface area (Å²) in [5, 5.41) is 14.4. The first-order valence-electron chi connectivity index (χ1n) is 6.49. The van der Waals surface area contributed by atoms with E-state index in [1.807, 2.05) is 0 Å². The lowest BCUT2D eigenvalue weighted by Crippen LogP contribution is -2.34. The van der Waals surface area contributed by atoms with Crippen LogP contribution in [-0.2, 0) is 4.79 Å². The maximum absolute atomic E-state index is 12.1. The fraction of sp³-hybridized carbons (Fsp3) is 0.143. The van der Waals surface area contributed by atoms with E-state index in [1.165, 1.54) is 23.1 Å². The minimum Gasteiger partial charge on any atom is -0.323 e. The molecule has 0 saturated carbocycles. The van der Waals surface area contributed by atoms with Crippen LogP contribution in [0.1, 0.15) is 0 Å². The van der Waals surface area contributed by atoms with Gasteiger partial charge in [0.2, 0.25) is 0 Å². The van der Waals surface area contributed by atoms with Gasteiger partial charge in [-0.2, -0.15) is 0 Å². The Bertz CT molecular complexity index is 755. The lowest BCUT2D eigenvalue weighted by atomic mass is 10.3. The largest absolute Gasteiger partial charge is 0.357 e. The first-order chi connectivity index (χ1) is 10.9. The molecule has 0 fully saturated rings. The number of hydrogen-bond acceptors (Lipinski definition) is 4. The van der Waals surface area contributed by atoms with Crippen molar-refractivity contribution in [1.82, 2.24) is 0 Å². The Hall–Kier alpha value is -2.38. The highest BCUT2D eigenvalue weighted by atomic mass is 35.5. The quantitative estimate of drug-likeness (QED) is 0.659. The van der Waals surface area contributed by atoms with Crippen molar-refractivity contribution in [2.75, 3.05) is 23.8 Å². The summed E-state index contributed by atoms with van der Waals surface area (Å²) >= 11 is 11.7. The Morgan fingerprint density at radius 1 is 1.35 bits per heavy atom. The van der Waals surface area contributed by atoms with Crippen LogP contribution in [0.3, 0.4) is 0 Å². The molecule has 0 radical (unpaired) electrons. The second-order valence-electron chi connectivity index (χ2n) is 4.69. The Morgan fingerprint density at radius 3 is 2.74 bits per heavy atom. The van der Waals surface area contributed by atoms with Crippen LogP contribution in [0, 0.1) is 10.1 Å². The first-order valence-corrected chi connectivity index (χ1v) is 7.25. The van der Waals surface area contributed by atoms with Gasteiger partial charge in [-0.05, 0) is 24.3 Å². The SMILES string of the molecule is CN(CC(=O)Nc1ccc(Cl)c(Cl)c1)c1[nH+]cccc1[N+](=O)[O-]. The summed E-state index contributed by atoms with van der Waals surface area (Å²) in [6.07, 6.45) is 1.55. The molecule has 0 aliphatic rings. The highest BCUT2D eigenvalue weighted by Crippen LogP contribution is 2.25. The molecule has 2 rings (SSSR count). The molecule has 2 aromatic rings. The summed E-state index contributed by atoms with van der Waals surface area (Å²) in [6.45, 7) is -0.0817. The summed E-state index contributed by atoms with van der Waals surface area (Å²) in [5.41, 5.74) is 0.377. The number of likely N-dealkylation sites (N-methyl/N-ethyl adjacent to an activating group) is 1. The normalized spacial score (nSPS) is 10.2. The van der Waals surface area contributed by atoms with Crippen LogP contribution in [0.4, 0.5) is 17.2 Å². The number of halogens is 2. The van der Waals surface area contributed by atoms with E-state index in [4.69, 9.17) is 23.2 Å². The van der Waals surface area contributed by atoms with Gasteiger partial charge in [0, 0.05) is 11.8 Å². The summed E-state index contributed by atoms with van der Waals surface area (Å²) in [5.74, 6) is -0.112. The van der Waals surface area contributed by atoms with Crippen LogP contribution < -0.4 is 15.2 Å². The molecule has 1 aromatic heterocycles. The smallest absolute Gasteiger partial charge is 0.323 e. The number of H-pyrrole nitrogens is 1. The zero-order valence-corrected chi connectivity index (χ0v) is 13.6. The van der Waals surface area contributed by atoms with Gasteiger partial charge in [0.25, 0.3) is 5.91 Å². The third-order valence-electron chi connectivity index (χ3n) is 2.98. The highest BCUT2D eigenvalue weighted by Gasteiger charge is 2.26. The monoisotopic (exact) mass is 355 g/mol. The molecule has 1 heterocycles. The van der Waals surface area contributed by atoms with Crippen LogP contribution in [-0.4, -0.2) is 24.4 Å². The van der Waals surface area contributed by atoms with Crippen molar-refractivity contribution in [1.29, 1.82) is 0 Å². The predicted octanol–water partition coefficient (Wildman–Crippen LogP) is 2.79. The van der Waals surface area contributed by atoms with E-state index in [0.717, 1.165) is 0 Å². The molecule has 0 aliphatic carbocycles. The fourth-order valence-corrected chi connectivity index (χ4v) is 2.24. The molecule has 120 valence electrons. The second kappa shape index (κ2) is 7.26. The van der Waals surface area contributed by atoms with Crippen LogP contribution in [0.2, 0.25) is 10.0 Å². The Morgan fingerprint density at radius 2 is 2.09 bits per heavy atom. The van der Waals surface area contributed by atoms with Crippen molar-refractivity contribution < 1.29 is 14.7 Å². The van der Waals surface area contributed by atoms with Crippen LogP contribution in [0.5, 0.6) is 0 Å². The van der Waals surface area contributed by atoms with Crippen molar-refractivity contribution in [2.45, 2.75) is 0 Å². The summed E-state index contributed by atoms with van der Waals surface area (Å²) in [6, 6.07) is 7.59. The molecule has 0 bridgehead atoms. The molecule has 0 saturated heterocycles. The zero-order valence-electron chi connectivity index (χ0n) is 12.0. The number of hydrogen-bond donors (Lipinski definition) is 1. The molecule has 2 N–H and O–H groups in total. The van der Waals surface area contributed by atoms with E-state index in [1.54, 1.807) is 25.4 Å². The maximum atomic E-state index is 12.1. The molecule has 0 spiro atoms. The van der Waals surface area contributed by atoms with Gasteiger partial charge in [0.05, 0.1) is 28.2 Å². The van der Waals surface area contributed by atoms with Crippen LogP contribution in [0.15, 0.2) is 36.5 Å². The number of pyridine rings is 1. The highest BCUT2D eigenvalue weighted by molar-refractivity contribution is 6.42. The molecular weight excluding hydrogens is 343 g/mol. The number of carbonyl (C=O) groups excluding carboxylic acids is 1. The van der Waals surface area contributed by atoms with E-state index in [2.05, 4.69) is 10.3 Å². The molecule has 1 aromatic carbocycles. The summed E-state index contributed by atoms with van der Waals surface area (Å²) < 4.78 is 0. The van der Waals surface area contributed by atoms with E-state index >= 15 is 0 Å². The third-order valence-corrected chi connectivity index (χ3v) is 3.71. The first kappa shape index (κ1) is 17.0. The van der Waals surface area contributed by atoms with E-state index in [0.29, 0.717) is 15.7 Å². The van der Waals surface area contributed by atoms with Crippen LogP contribution >= 0.6 is 23.2 Å². The number of aromatic amines is 1.